The number of carbonyl (C=O) groups is 1. The van der Waals surface area contributed by atoms with Gasteiger partial charge < -0.3 is 10.6 Å². The van der Waals surface area contributed by atoms with Gasteiger partial charge in [0.15, 0.2) is 0 Å². The molecule has 3 aromatic rings. The Kier molecular flexibility index (Phi) is 8.26. The van der Waals surface area contributed by atoms with Crippen LogP contribution in [0.4, 0.5) is 0 Å². The van der Waals surface area contributed by atoms with Gasteiger partial charge in [-0.1, -0.05) is 67.1 Å². The molecule has 0 saturated carbocycles. The van der Waals surface area contributed by atoms with Crippen LogP contribution in [-0.4, -0.2) is 34.2 Å². The van der Waals surface area contributed by atoms with Gasteiger partial charge in [0.05, 0.1) is 12.2 Å². The summed E-state index contributed by atoms with van der Waals surface area (Å²) in [6, 6.07) is 17.7. The quantitative estimate of drug-likeness (QED) is 0.607. The highest BCUT2D eigenvalue weighted by Crippen LogP contribution is 2.25. The van der Waals surface area contributed by atoms with Gasteiger partial charge in [-0.15, -0.1) is 12.4 Å². The van der Waals surface area contributed by atoms with E-state index in [1.165, 1.54) is 0 Å². The Hall–Kier alpha value is -2.34. The minimum absolute atomic E-state index is 0. The van der Waals surface area contributed by atoms with E-state index in [0.717, 1.165) is 22.4 Å². The van der Waals surface area contributed by atoms with Crippen molar-refractivity contribution in [1.82, 2.24) is 14.7 Å². The Morgan fingerprint density at radius 1 is 1.14 bits per heavy atom. The number of nitrogens with two attached hydrogens (primary N) is 1. The van der Waals surface area contributed by atoms with Crippen LogP contribution in [0.2, 0.25) is 5.02 Å². The van der Waals surface area contributed by atoms with Crippen LogP contribution in [0.3, 0.4) is 0 Å². The van der Waals surface area contributed by atoms with Crippen LogP contribution in [0, 0.1) is 5.92 Å². The number of amides is 1. The molecule has 0 aliphatic rings. The van der Waals surface area contributed by atoms with Crippen LogP contribution in [-0.2, 0) is 17.9 Å². The van der Waals surface area contributed by atoms with Gasteiger partial charge in [-0.05, 0) is 11.6 Å². The fraction of sp³-hybridized carbons (Fsp3) is 0.273. The van der Waals surface area contributed by atoms with E-state index >= 15 is 0 Å². The molecule has 5 nitrogen and oxygen atoms in total. The number of hydrogen-bond donors (Lipinski definition) is 1. The molecule has 7 heteroatoms. The number of rotatable bonds is 7. The van der Waals surface area contributed by atoms with Crippen molar-refractivity contribution in [3.63, 3.8) is 0 Å². The summed E-state index contributed by atoms with van der Waals surface area (Å²) in [7, 11) is 1.80. The van der Waals surface area contributed by atoms with Crippen LogP contribution in [0.25, 0.3) is 11.3 Å². The maximum absolute atomic E-state index is 12.5. The number of nitrogens with zero attached hydrogens (tertiary/aromatic N) is 3. The smallest absolute Gasteiger partial charge is 0.226 e. The highest BCUT2D eigenvalue weighted by molar-refractivity contribution is 6.31. The Labute approximate surface area is 182 Å². The molecule has 2 N–H and O–H groups in total. The summed E-state index contributed by atoms with van der Waals surface area (Å²) in [5.41, 5.74) is 9.52. The summed E-state index contributed by atoms with van der Waals surface area (Å²) in [6.45, 7) is 3.21. The molecule has 0 fully saturated rings. The van der Waals surface area contributed by atoms with Gasteiger partial charge >= 0.3 is 0 Å². The van der Waals surface area contributed by atoms with Gasteiger partial charge in [-0.3, -0.25) is 9.48 Å². The molecule has 1 heterocycles. The lowest BCUT2D eigenvalue weighted by Gasteiger charge is -2.20. The van der Waals surface area contributed by atoms with Crippen molar-refractivity contribution < 1.29 is 4.79 Å². The van der Waals surface area contributed by atoms with E-state index in [2.05, 4.69) is 0 Å². The lowest BCUT2D eigenvalue weighted by molar-refractivity contribution is -0.133. The SMILES string of the molecule is CC(CN)C(=O)N(C)Cc1cn(Cc2ccccc2Cl)nc1-c1ccccc1.Cl. The third-order valence-corrected chi connectivity index (χ3v) is 5.10. The lowest BCUT2D eigenvalue weighted by atomic mass is 10.1. The average Bonchev–Trinajstić information content (AvgIpc) is 3.11. The third kappa shape index (κ3) is 5.60. The van der Waals surface area contributed by atoms with Crippen LogP contribution in [0.1, 0.15) is 18.1 Å². The first kappa shape index (κ1) is 22.9. The molecule has 0 aliphatic heterocycles. The van der Waals surface area contributed by atoms with Crippen molar-refractivity contribution in [1.29, 1.82) is 0 Å². The molecule has 1 unspecified atom stereocenters. The highest BCUT2D eigenvalue weighted by atomic mass is 35.5. The van der Waals surface area contributed by atoms with Gasteiger partial charge in [-0.2, -0.15) is 5.10 Å². The Morgan fingerprint density at radius 2 is 1.79 bits per heavy atom. The topological polar surface area (TPSA) is 64.2 Å². The summed E-state index contributed by atoms with van der Waals surface area (Å²) in [5, 5.41) is 5.50. The van der Waals surface area contributed by atoms with Crippen molar-refractivity contribution in [2.75, 3.05) is 13.6 Å². The normalized spacial score (nSPS) is 11.6. The Balaban J connectivity index is 0.00000300. The van der Waals surface area contributed by atoms with Gasteiger partial charge in [0.25, 0.3) is 0 Å². The number of hydrogen-bond acceptors (Lipinski definition) is 3. The first-order chi connectivity index (χ1) is 13.5. The molecule has 154 valence electrons. The van der Waals surface area contributed by atoms with Crippen molar-refractivity contribution in [2.45, 2.75) is 20.0 Å². The summed E-state index contributed by atoms with van der Waals surface area (Å²) >= 11 is 6.31. The molecular weight excluding hydrogens is 407 g/mol. The van der Waals surface area contributed by atoms with Crippen LogP contribution < -0.4 is 5.73 Å². The van der Waals surface area contributed by atoms with Crippen LogP contribution >= 0.6 is 24.0 Å². The maximum atomic E-state index is 12.5. The monoisotopic (exact) mass is 432 g/mol. The van der Waals surface area contributed by atoms with Crippen molar-refractivity contribution in [2.24, 2.45) is 11.7 Å². The molecule has 1 atom stereocenters. The minimum Gasteiger partial charge on any atom is -0.341 e. The van der Waals surface area contributed by atoms with Gasteiger partial charge in [0.2, 0.25) is 5.91 Å². The van der Waals surface area contributed by atoms with E-state index in [9.17, 15) is 4.79 Å². The van der Waals surface area contributed by atoms with Crippen molar-refractivity contribution in [3.8, 4) is 11.3 Å². The zero-order chi connectivity index (χ0) is 20.1. The molecule has 0 bridgehead atoms. The fourth-order valence-corrected chi connectivity index (χ4v) is 3.31. The van der Waals surface area contributed by atoms with E-state index < -0.39 is 0 Å². The summed E-state index contributed by atoms with van der Waals surface area (Å²) in [5.74, 6) is -0.177. The molecule has 0 spiro atoms. The second-order valence-corrected chi connectivity index (χ2v) is 7.40. The van der Waals surface area contributed by atoms with Crippen molar-refractivity contribution in [3.05, 3.63) is 76.9 Å². The summed E-state index contributed by atoms with van der Waals surface area (Å²) < 4.78 is 1.88. The van der Waals surface area contributed by atoms with E-state index in [0.29, 0.717) is 24.7 Å². The molecule has 0 aliphatic carbocycles. The van der Waals surface area contributed by atoms with E-state index in [-0.39, 0.29) is 24.2 Å². The summed E-state index contributed by atoms with van der Waals surface area (Å²) in [6.07, 6.45) is 1.99. The van der Waals surface area contributed by atoms with E-state index in [1.54, 1.807) is 11.9 Å². The number of carbonyl (C=O) groups excluding carboxylic acids is 1. The predicted molar refractivity (Wildman–Crippen MR) is 120 cm³/mol. The predicted octanol–water partition coefficient (Wildman–Crippen LogP) is 4.23. The largest absolute Gasteiger partial charge is 0.341 e. The second kappa shape index (κ2) is 10.4. The molecule has 0 radical (unpaired) electrons. The first-order valence-corrected chi connectivity index (χ1v) is 9.67. The Bertz CT molecular complexity index is 943. The fourth-order valence-electron chi connectivity index (χ4n) is 3.11. The Morgan fingerprint density at radius 3 is 2.45 bits per heavy atom. The average molecular weight is 433 g/mol. The molecular formula is C22H26Cl2N4O. The number of halogens is 2. The molecule has 1 aromatic heterocycles. The zero-order valence-corrected chi connectivity index (χ0v) is 18.2. The van der Waals surface area contributed by atoms with Crippen LogP contribution in [0.5, 0.6) is 0 Å². The number of benzene rings is 2. The first-order valence-electron chi connectivity index (χ1n) is 9.29. The maximum Gasteiger partial charge on any atom is 0.226 e. The van der Waals surface area contributed by atoms with Gasteiger partial charge in [0, 0.05) is 48.4 Å². The molecule has 1 amide bonds. The summed E-state index contributed by atoms with van der Waals surface area (Å²) in [4.78, 5) is 14.2. The standard InChI is InChI=1S/C22H25ClN4O.ClH/c1-16(12-24)22(28)26(2)13-19-15-27(14-18-10-6-7-11-20(18)23)25-21(19)17-8-4-3-5-9-17;/h3-11,15-16H,12-14,24H2,1-2H3;1H. The third-order valence-electron chi connectivity index (χ3n) is 4.73. The highest BCUT2D eigenvalue weighted by Gasteiger charge is 2.19. The molecule has 2 aromatic carbocycles. The molecule has 3 rings (SSSR count). The molecule has 29 heavy (non-hydrogen) atoms. The number of aromatic nitrogens is 2. The van der Waals surface area contributed by atoms with Gasteiger partial charge in [0.1, 0.15) is 0 Å². The minimum atomic E-state index is -0.205. The van der Waals surface area contributed by atoms with Crippen LogP contribution in [0.15, 0.2) is 60.8 Å². The van der Waals surface area contributed by atoms with Gasteiger partial charge in [-0.25, -0.2) is 0 Å². The van der Waals surface area contributed by atoms with Crippen molar-refractivity contribution >= 4 is 29.9 Å². The van der Waals surface area contributed by atoms with E-state index in [1.807, 2.05) is 72.4 Å². The molecule has 0 saturated heterocycles. The van der Waals surface area contributed by atoms with E-state index in [4.69, 9.17) is 22.4 Å². The second-order valence-electron chi connectivity index (χ2n) is 6.99. The zero-order valence-electron chi connectivity index (χ0n) is 16.6. The lowest BCUT2D eigenvalue weighted by Crippen LogP contribution is -2.34.